The lowest BCUT2D eigenvalue weighted by molar-refractivity contribution is 0.414. The average Bonchev–Trinajstić information content (AvgIpc) is 3.08. The first kappa shape index (κ1) is 16.2. The van der Waals surface area contributed by atoms with E-state index in [0.29, 0.717) is 18.3 Å². The summed E-state index contributed by atoms with van der Waals surface area (Å²) in [6.07, 6.45) is 0.933. The van der Waals surface area contributed by atoms with Crippen molar-refractivity contribution in [2.24, 2.45) is 0 Å². The molecule has 5 heteroatoms. The van der Waals surface area contributed by atoms with E-state index in [9.17, 15) is 0 Å². The summed E-state index contributed by atoms with van der Waals surface area (Å²) in [6.45, 7) is 3.45. The molecule has 0 radical (unpaired) electrons. The van der Waals surface area contributed by atoms with Crippen LogP contribution in [0.4, 0.5) is 0 Å². The maximum atomic E-state index is 5.71. The van der Waals surface area contributed by atoms with Crippen LogP contribution in [0.3, 0.4) is 0 Å². The number of hydrogen-bond acceptors (Lipinski definition) is 5. The molecule has 3 aromatic rings. The van der Waals surface area contributed by atoms with Crippen molar-refractivity contribution >= 4 is 0 Å². The molecule has 5 nitrogen and oxygen atoms in total. The van der Waals surface area contributed by atoms with Crippen LogP contribution in [0.2, 0.25) is 0 Å². The first-order valence-corrected chi connectivity index (χ1v) is 7.97. The van der Waals surface area contributed by atoms with Crippen LogP contribution in [-0.2, 0) is 13.0 Å². The highest BCUT2D eigenvalue weighted by molar-refractivity contribution is 5.53. The minimum atomic E-state index is 0.561. The number of nitrogens with one attached hydrogen (secondary N) is 1. The Kier molecular flexibility index (Phi) is 5.23. The van der Waals surface area contributed by atoms with Crippen molar-refractivity contribution < 1.29 is 9.15 Å². The Bertz CT molecular complexity index is 781. The first-order valence-electron chi connectivity index (χ1n) is 7.97. The quantitative estimate of drug-likeness (QED) is 0.675. The van der Waals surface area contributed by atoms with Gasteiger partial charge in [-0.1, -0.05) is 29.8 Å². The number of rotatable bonds is 7. The van der Waals surface area contributed by atoms with Crippen molar-refractivity contribution in [3.8, 4) is 17.2 Å². The largest absolute Gasteiger partial charge is 0.497 e. The molecule has 0 saturated carbocycles. The van der Waals surface area contributed by atoms with Gasteiger partial charge in [0.15, 0.2) is 0 Å². The van der Waals surface area contributed by atoms with E-state index in [1.165, 1.54) is 11.1 Å². The van der Waals surface area contributed by atoms with E-state index in [1.54, 1.807) is 7.11 Å². The van der Waals surface area contributed by atoms with E-state index in [0.717, 1.165) is 24.3 Å². The van der Waals surface area contributed by atoms with Gasteiger partial charge in [0, 0.05) is 5.56 Å². The summed E-state index contributed by atoms with van der Waals surface area (Å²) in [4.78, 5) is 0. The number of benzene rings is 2. The molecule has 1 N–H and O–H groups in total. The molecule has 24 heavy (non-hydrogen) atoms. The molecule has 0 saturated heterocycles. The van der Waals surface area contributed by atoms with E-state index >= 15 is 0 Å². The molecule has 0 unspecified atom stereocenters. The van der Waals surface area contributed by atoms with E-state index in [4.69, 9.17) is 9.15 Å². The molecule has 1 aromatic heterocycles. The predicted molar refractivity (Wildman–Crippen MR) is 92.9 cm³/mol. The maximum Gasteiger partial charge on any atom is 0.247 e. The number of hydrogen-bond donors (Lipinski definition) is 1. The predicted octanol–water partition coefficient (Wildman–Crippen LogP) is 3.39. The number of ether oxygens (including phenoxy) is 1. The fraction of sp³-hybridized carbons (Fsp3) is 0.263. The van der Waals surface area contributed by atoms with Gasteiger partial charge < -0.3 is 14.5 Å². The highest BCUT2D eigenvalue weighted by Gasteiger charge is 2.08. The van der Waals surface area contributed by atoms with Crippen LogP contribution in [0.25, 0.3) is 11.5 Å². The molecular formula is C19H21N3O2. The van der Waals surface area contributed by atoms with Gasteiger partial charge in [-0.05, 0) is 49.7 Å². The monoisotopic (exact) mass is 323 g/mol. The summed E-state index contributed by atoms with van der Waals surface area (Å²) in [5, 5.41) is 11.5. The Labute approximate surface area is 141 Å². The van der Waals surface area contributed by atoms with Crippen LogP contribution in [0.1, 0.15) is 17.0 Å². The zero-order valence-corrected chi connectivity index (χ0v) is 14.0. The van der Waals surface area contributed by atoms with Gasteiger partial charge in [-0.3, -0.25) is 0 Å². The van der Waals surface area contributed by atoms with Crippen LogP contribution >= 0.6 is 0 Å². The minimum Gasteiger partial charge on any atom is -0.497 e. The van der Waals surface area contributed by atoms with Crippen molar-refractivity contribution in [2.45, 2.75) is 19.9 Å². The highest BCUT2D eigenvalue weighted by atomic mass is 16.5. The van der Waals surface area contributed by atoms with Gasteiger partial charge >= 0.3 is 0 Å². The first-order chi connectivity index (χ1) is 11.7. The van der Waals surface area contributed by atoms with Gasteiger partial charge in [0.05, 0.1) is 13.7 Å². The van der Waals surface area contributed by atoms with E-state index in [-0.39, 0.29) is 0 Å². The minimum absolute atomic E-state index is 0.561. The Morgan fingerprint density at radius 1 is 1.08 bits per heavy atom. The molecule has 0 bridgehead atoms. The molecular weight excluding hydrogens is 302 g/mol. The van der Waals surface area contributed by atoms with Crippen molar-refractivity contribution in [2.75, 3.05) is 13.7 Å². The lowest BCUT2D eigenvalue weighted by Gasteiger charge is -2.04. The SMILES string of the molecule is COc1ccc(CCNCc2nnc(-c3cccc(C)c3)o2)cc1. The molecule has 0 spiro atoms. The summed E-state index contributed by atoms with van der Waals surface area (Å²) < 4.78 is 10.9. The van der Waals surface area contributed by atoms with Gasteiger partial charge in [0.1, 0.15) is 5.75 Å². The number of methoxy groups -OCH3 is 1. The topological polar surface area (TPSA) is 60.2 Å². The molecule has 1 heterocycles. The van der Waals surface area contributed by atoms with Gasteiger partial charge in [0.25, 0.3) is 0 Å². The Hall–Kier alpha value is -2.66. The summed E-state index contributed by atoms with van der Waals surface area (Å²) in [6, 6.07) is 16.1. The Balaban J connectivity index is 1.48. The standard InChI is InChI=1S/C19H21N3O2/c1-14-4-3-5-16(12-14)19-22-21-18(24-19)13-20-11-10-15-6-8-17(23-2)9-7-15/h3-9,12,20H,10-11,13H2,1-2H3. The van der Waals surface area contributed by atoms with Crippen molar-refractivity contribution in [1.29, 1.82) is 0 Å². The maximum absolute atomic E-state index is 5.71. The van der Waals surface area contributed by atoms with Crippen LogP contribution in [0.15, 0.2) is 52.9 Å². The lowest BCUT2D eigenvalue weighted by atomic mass is 10.1. The zero-order chi connectivity index (χ0) is 16.8. The van der Waals surface area contributed by atoms with E-state index in [2.05, 4.69) is 27.6 Å². The number of nitrogens with zero attached hydrogens (tertiary/aromatic N) is 2. The number of aromatic nitrogens is 2. The highest BCUT2D eigenvalue weighted by Crippen LogP contribution is 2.18. The summed E-state index contributed by atoms with van der Waals surface area (Å²) in [5.41, 5.74) is 3.38. The van der Waals surface area contributed by atoms with Gasteiger partial charge in [-0.25, -0.2) is 0 Å². The smallest absolute Gasteiger partial charge is 0.247 e. The third-order valence-corrected chi connectivity index (χ3v) is 3.76. The van der Waals surface area contributed by atoms with Crippen LogP contribution < -0.4 is 10.1 Å². The fourth-order valence-electron chi connectivity index (χ4n) is 2.44. The lowest BCUT2D eigenvalue weighted by Crippen LogP contribution is -2.16. The third-order valence-electron chi connectivity index (χ3n) is 3.76. The van der Waals surface area contributed by atoms with Crippen LogP contribution in [0.5, 0.6) is 5.75 Å². The fourth-order valence-corrected chi connectivity index (χ4v) is 2.44. The zero-order valence-electron chi connectivity index (χ0n) is 14.0. The molecule has 0 atom stereocenters. The normalized spacial score (nSPS) is 10.8. The van der Waals surface area contributed by atoms with E-state index < -0.39 is 0 Å². The molecule has 0 aliphatic rings. The molecule has 0 amide bonds. The molecule has 2 aromatic carbocycles. The molecule has 124 valence electrons. The Morgan fingerprint density at radius 3 is 2.67 bits per heavy atom. The second kappa shape index (κ2) is 7.75. The van der Waals surface area contributed by atoms with Gasteiger partial charge in [0.2, 0.25) is 11.8 Å². The van der Waals surface area contributed by atoms with Crippen LogP contribution in [0, 0.1) is 6.92 Å². The van der Waals surface area contributed by atoms with Gasteiger partial charge in [-0.2, -0.15) is 0 Å². The third kappa shape index (κ3) is 4.20. The van der Waals surface area contributed by atoms with E-state index in [1.807, 2.05) is 43.3 Å². The van der Waals surface area contributed by atoms with Crippen LogP contribution in [-0.4, -0.2) is 23.9 Å². The molecule has 0 fully saturated rings. The second-order valence-corrected chi connectivity index (χ2v) is 5.65. The Morgan fingerprint density at radius 2 is 1.92 bits per heavy atom. The van der Waals surface area contributed by atoms with Crippen molar-refractivity contribution in [1.82, 2.24) is 15.5 Å². The summed E-state index contributed by atoms with van der Waals surface area (Å²) in [7, 11) is 1.67. The number of aryl methyl sites for hydroxylation is 1. The van der Waals surface area contributed by atoms with Crippen molar-refractivity contribution in [3.63, 3.8) is 0 Å². The molecule has 0 aliphatic carbocycles. The second-order valence-electron chi connectivity index (χ2n) is 5.65. The summed E-state index contributed by atoms with van der Waals surface area (Å²) in [5.74, 6) is 2.04. The molecule has 3 rings (SSSR count). The summed E-state index contributed by atoms with van der Waals surface area (Å²) >= 11 is 0. The average molecular weight is 323 g/mol. The van der Waals surface area contributed by atoms with Gasteiger partial charge in [-0.15, -0.1) is 10.2 Å². The molecule has 0 aliphatic heterocycles. The van der Waals surface area contributed by atoms with Crippen molar-refractivity contribution in [3.05, 3.63) is 65.5 Å².